The van der Waals surface area contributed by atoms with Crippen molar-refractivity contribution < 1.29 is 13.6 Å². The molecule has 3 rings (SSSR count). The van der Waals surface area contributed by atoms with Gasteiger partial charge in [0.2, 0.25) is 0 Å². The van der Waals surface area contributed by atoms with Gasteiger partial charge >= 0.3 is 0 Å². The van der Waals surface area contributed by atoms with Crippen LogP contribution < -0.4 is 0 Å². The van der Waals surface area contributed by atoms with Crippen LogP contribution in [-0.2, 0) is 0 Å². The predicted molar refractivity (Wildman–Crippen MR) is 85.1 cm³/mol. The van der Waals surface area contributed by atoms with Crippen LogP contribution in [0, 0.1) is 11.6 Å². The second-order valence-electron chi connectivity index (χ2n) is 4.62. The Morgan fingerprint density at radius 2 is 2.00 bits per heavy atom. The van der Waals surface area contributed by atoms with Crippen molar-refractivity contribution in [1.29, 1.82) is 0 Å². The SMILES string of the molecule is O=C(/C=C/c1csc(-c2ccccn2)n1)c1ccc(F)c(F)c1. The highest BCUT2D eigenvalue weighted by Gasteiger charge is 2.08. The van der Waals surface area contributed by atoms with E-state index < -0.39 is 17.4 Å². The van der Waals surface area contributed by atoms with Crippen LogP contribution in [0.3, 0.4) is 0 Å². The molecule has 0 N–H and O–H groups in total. The van der Waals surface area contributed by atoms with E-state index in [2.05, 4.69) is 9.97 Å². The van der Waals surface area contributed by atoms with Gasteiger partial charge in [0.05, 0.1) is 11.4 Å². The number of hydrogen-bond donors (Lipinski definition) is 0. The number of carbonyl (C=O) groups excluding carboxylic acids is 1. The lowest BCUT2D eigenvalue weighted by Crippen LogP contribution is -1.96. The van der Waals surface area contributed by atoms with Gasteiger partial charge in [0.15, 0.2) is 17.4 Å². The van der Waals surface area contributed by atoms with Gasteiger partial charge in [0, 0.05) is 17.1 Å². The Balaban J connectivity index is 1.76. The van der Waals surface area contributed by atoms with Gasteiger partial charge in [-0.05, 0) is 42.5 Å². The molecule has 23 heavy (non-hydrogen) atoms. The molecule has 6 heteroatoms. The zero-order valence-electron chi connectivity index (χ0n) is 11.7. The van der Waals surface area contributed by atoms with Gasteiger partial charge < -0.3 is 0 Å². The topological polar surface area (TPSA) is 42.9 Å². The first-order valence-corrected chi connectivity index (χ1v) is 7.56. The van der Waals surface area contributed by atoms with Crippen LogP contribution in [0.5, 0.6) is 0 Å². The molecule has 0 saturated heterocycles. The molecule has 114 valence electrons. The largest absolute Gasteiger partial charge is 0.289 e. The number of allylic oxidation sites excluding steroid dienone is 1. The Labute approximate surface area is 135 Å². The maximum Gasteiger partial charge on any atom is 0.186 e. The van der Waals surface area contributed by atoms with Crippen molar-refractivity contribution in [2.24, 2.45) is 0 Å². The Morgan fingerprint density at radius 3 is 2.74 bits per heavy atom. The summed E-state index contributed by atoms with van der Waals surface area (Å²) in [6.45, 7) is 0. The minimum atomic E-state index is -1.05. The first kappa shape index (κ1) is 15.2. The van der Waals surface area contributed by atoms with E-state index in [1.54, 1.807) is 11.6 Å². The molecule has 2 heterocycles. The van der Waals surface area contributed by atoms with Crippen LogP contribution in [-0.4, -0.2) is 15.8 Å². The average molecular weight is 328 g/mol. The molecule has 0 aliphatic heterocycles. The Hall–Kier alpha value is -2.73. The summed E-state index contributed by atoms with van der Waals surface area (Å²) in [6, 6.07) is 8.58. The van der Waals surface area contributed by atoms with E-state index in [-0.39, 0.29) is 5.56 Å². The Morgan fingerprint density at radius 1 is 1.13 bits per heavy atom. The van der Waals surface area contributed by atoms with Crippen molar-refractivity contribution >= 4 is 23.2 Å². The van der Waals surface area contributed by atoms with Gasteiger partial charge in [-0.15, -0.1) is 11.3 Å². The summed E-state index contributed by atoms with van der Waals surface area (Å²) in [7, 11) is 0. The lowest BCUT2D eigenvalue weighted by atomic mass is 10.1. The third kappa shape index (κ3) is 3.54. The van der Waals surface area contributed by atoms with Crippen molar-refractivity contribution in [2.75, 3.05) is 0 Å². The summed E-state index contributed by atoms with van der Waals surface area (Å²) in [5.74, 6) is -2.45. The second kappa shape index (κ2) is 6.58. The molecule has 0 unspecified atom stereocenters. The van der Waals surface area contributed by atoms with Crippen LogP contribution in [0.2, 0.25) is 0 Å². The number of pyridine rings is 1. The molecular weight excluding hydrogens is 318 g/mol. The van der Waals surface area contributed by atoms with Crippen LogP contribution in [0.15, 0.2) is 54.1 Å². The Bertz CT molecular complexity index is 875. The fraction of sp³-hybridized carbons (Fsp3) is 0. The minimum absolute atomic E-state index is 0.0836. The van der Waals surface area contributed by atoms with Crippen LogP contribution in [0.1, 0.15) is 16.1 Å². The summed E-state index contributed by atoms with van der Waals surface area (Å²) in [5, 5.41) is 2.53. The van der Waals surface area contributed by atoms with Gasteiger partial charge in [0.1, 0.15) is 5.01 Å². The summed E-state index contributed by atoms with van der Waals surface area (Å²) in [5.41, 5.74) is 1.44. The van der Waals surface area contributed by atoms with E-state index >= 15 is 0 Å². The molecule has 3 nitrogen and oxygen atoms in total. The first-order chi connectivity index (χ1) is 11.1. The maximum absolute atomic E-state index is 13.1. The van der Waals surface area contributed by atoms with Crippen molar-refractivity contribution in [3.8, 4) is 10.7 Å². The van der Waals surface area contributed by atoms with Gasteiger partial charge in [-0.1, -0.05) is 6.07 Å². The number of hydrogen-bond acceptors (Lipinski definition) is 4. The molecule has 0 saturated carbocycles. The molecule has 1 aromatic carbocycles. The van der Waals surface area contributed by atoms with Gasteiger partial charge in [-0.2, -0.15) is 0 Å². The number of aromatic nitrogens is 2. The quantitative estimate of drug-likeness (QED) is 0.527. The molecule has 0 amide bonds. The smallest absolute Gasteiger partial charge is 0.186 e. The molecule has 0 bridgehead atoms. The molecule has 3 aromatic rings. The van der Waals surface area contributed by atoms with Gasteiger partial charge in [0.25, 0.3) is 0 Å². The van der Waals surface area contributed by atoms with Crippen LogP contribution in [0.25, 0.3) is 16.8 Å². The maximum atomic E-state index is 13.1. The molecule has 2 aromatic heterocycles. The van der Waals surface area contributed by atoms with Crippen molar-refractivity contribution in [1.82, 2.24) is 9.97 Å². The summed E-state index contributed by atoms with van der Waals surface area (Å²) < 4.78 is 26.0. The number of nitrogens with zero attached hydrogens (tertiary/aromatic N) is 2. The molecule has 0 fully saturated rings. The van der Waals surface area contributed by atoms with Crippen molar-refractivity contribution in [3.63, 3.8) is 0 Å². The molecule has 0 spiro atoms. The second-order valence-corrected chi connectivity index (χ2v) is 5.48. The van der Waals surface area contributed by atoms with Gasteiger partial charge in [-0.3, -0.25) is 9.78 Å². The van der Waals surface area contributed by atoms with E-state index in [1.807, 2.05) is 18.2 Å². The number of ketones is 1. The van der Waals surface area contributed by atoms with Gasteiger partial charge in [-0.25, -0.2) is 13.8 Å². The monoisotopic (exact) mass is 328 g/mol. The fourth-order valence-corrected chi connectivity index (χ4v) is 2.64. The zero-order valence-corrected chi connectivity index (χ0v) is 12.6. The highest BCUT2D eigenvalue weighted by atomic mass is 32.1. The minimum Gasteiger partial charge on any atom is -0.289 e. The van der Waals surface area contributed by atoms with Crippen LogP contribution >= 0.6 is 11.3 Å². The molecular formula is C17H10F2N2OS. The number of thiazole rings is 1. The zero-order chi connectivity index (χ0) is 16.2. The molecule has 0 radical (unpaired) electrons. The third-order valence-electron chi connectivity index (χ3n) is 3.02. The third-order valence-corrected chi connectivity index (χ3v) is 3.90. The van der Waals surface area contributed by atoms with Crippen molar-refractivity contribution in [3.05, 3.63) is 76.9 Å². The van der Waals surface area contributed by atoms with Crippen LogP contribution in [0.4, 0.5) is 8.78 Å². The molecule has 0 atom stereocenters. The fourth-order valence-electron chi connectivity index (χ4n) is 1.88. The van der Waals surface area contributed by atoms with E-state index in [0.29, 0.717) is 5.69 Å². The highest BCUT2D eigenvalue weighted by Crippen LogP contribution is 2.22. The normalized spacial score (nSPS) is 11.0. The van der Waals surface area contributed by atoms with Crippen molar-refractivity contribution in [2.45, 2.75) is 0 Å². The number of carbonyl (C=O) groups is 1. The summed E-state index contributed by atoms with van der Waals surface area (Å²) >= 11 is 1.41. The highest BCUT2D eigenvalue weighted by molar-refractivity contribution is 7.13. The van der Waals surface area contributed by atoms with E-state index in [9.17, 15) is 13.6 Å². The first-order valence-electron chi connectivity index (χ1n) is 6.68. The summed E-state index contributed by atoms with van der Waals surface area (Å²) in [4.78, 5) is 20.5. The van der Waals surface area contributed by atoms with E-state index in [4.69, 9.17) is 0 Å². The molecule has 0 aliphatic rings. The Kier molecular flexibility index (Phi) is 4.34. The van der Waals surface area contributed by atoms with E-state index in [1.165, 1.54) is 29.6 Å². The molecule has 0 aliphatic carbocycles. The number of benzene rings is 1. The number of halogens is 2. The lowest BCUT2D eigenvalue weighted by Gasteiger charge is -1.96. The summed E-state index contributed by atoms with van der Waals surface area (Å²) in [6.07, 6.45) is 4.50. The van der Waals surface area contributed by atoms with E-state index in [0.717, 1.165) is 22.8 Å². The predicted octanol–water partition coefficient (Wildman–Crippen LogP) is 4.38. The average Bonchev–Trinajstić information content (AvgIpc) is 3.05. The standard InChI is InChI=1S/C17H10F2N2OS/c18-13-6-4-11(9-14(13)19)16(22)7-5-12-10-23-17(21-12)15-3-1-2-8-20-15/h1-10H/b7-5+. The lowest BCUT2D eigenvalue weighted by molar-refractivity contribution is 0.104. The number of rotatable bonds is 4.